The first kappa shape index (κ1) is 21.3. The molecule has 0 aliphatic heterocycles. The third-order valence-corrected chi connectivity index (χ3v) is 2.88. The molecule has 0 radical (unpaired) electrons. The van der Waals surface area contributed by atoms with Crippen molar-refractivity contribution in [2.75, 3.05) is 0 Å². The molecule has 0 spiro atoms. The van der Waals surface area contributed by atoms with Gasteiger partial charge in [0.25, 0.3) is 8.25 Å². The van der Waals surface area contributed by atoms with E-state index in [2.05, 4.69) is 48.5 Å². The van der Waals surface area contributed by atoms with Crippen LogP contribution >= 0.6 is 8.25 Å². The normalized spacial score (nSPS) is 8.11. The number of rotatable bonds is 2. The Bertz CT molecular complexity index is 414. The smallest absolute Gasteiger partial charge is 0.870 e. The molecule has 0 aliphatic rings. The molecular formula is C12H12CaO4PS+. The van der Waals surface area contributed by atoms with Crippen LogP contribution in [0.5, 0.6) is 0 Å². The third kappa shape index (κ3) is 11.5. The number of benzene rings is 2. The topological polar surface area (TPSA) is 93.2 Å². The first-order chi connectivity index (χ1) is 8.18. The van der Waals surface area contributed by atoms with Gasteiger partial charge in [0.15, 0.2) is 9.79 Å². The molecule has 0 atom stereocenters. The van der Waals surface area contributed by atoms with Crippen molar-refractivity contribution in [2.45, 2.75) is 9.79 Å². The second kappa shape index (κ2) is 13.0. The van der Waals surface area contributed by atoms with Crippen LogP contribution in [0.15, 0.2) is 70.5 Å². The Morgan fingerprint density at radius 3 is 1.32 bits per heavy atom. The van der Waals surface area contributed by atoms with Gasteiger partial charge in [-0.1, -0.05) is 41.0 Å². The molecule has 96 valence electrons. The molecule has 7 heteroatoms. The maximum absolute atomic E-state index is 8.48. The van der Waals surface area contributed by atoms with Gasteiger partial charge in [-0.25, -0.2) is 0 Å². The molecule has 2 rings (SSSR count). The number of thiol groups is 1. The van der Waals surface area contributed by atoms with Crippen molar-refractivity contribution >= 4 is 57.8 Å². The average Bonchev–Trinajstić information content (AvgIpc) is 2.31. The third-order valence-electron chi connectivity index (χ3n) is 1.77. The van der Waals surface area contributed by atoms with E-state index in [0.29, 0.717) is 0 Å². The zero-order chi connectivity index (χ0) is 12.5. The fraction of sp³-hybridized carbons (Fsp3) is 0. The summed E-state index contributed by atoms with van der Waals surface area (Å²) in [5.74, 6) is 0. The first-order valence-electron chi connectivity index (χ1n) is 4.82. The van der Waals surface area contributed by atoms with Crippen LogP contribution in [0.4, 0.5) is 0 Å². The standard InChI is InChI=1S/C12H10S.Ca.HO3P.H2O/c1-3-7-11(8-4-1)13-12-9-5-2-6-10-12;;1-4(2)3;/h1-10H;;(H,1,2,3);1H2/q;+2;;/p-1. The Balaban J connectivity index is 0. The fourth-order valence-electron chi connectivity index (χ4n) is 1.15. The van der Waals surface area contributed by atoms with Gasteiger partial charge in [0.1, 0.15) is 0 Å². The summed E-state index contributed by atoms with van der Waals surface area (Å²) in [7, 11) is -3.37. The van der Waals surface area contributed by atoms with Gasteiger partial charge in [-0.15, -0.1) is 0 Å². The Kier molecular flexibility index (Phi) is 14.6. The van der Waals surface area contributed by atoms with E-state index in [1.165, 1.54) is 21.6 Å². The zero-order valence-electron chi connectivity index (χ0n) is 10.0. The molecule has 2 aromatic rings. The minimum atomic E-state index is -3.37. The van der Waals surface area contributed by atoms with Gasteiger partial charge < -0.3 is 15.3 Å². The van der Waals surface area contributed by atoms with Gasteiger partial charge in [0.05, 0.1) is 0 Å². The second-order valence-electron chi connectivity index (χ2n) is 3.01. The molecule has 0 unspecified atom stereocenters. The largest absolute Gasteiger partial charge is 2.00 e. The van der Waals surface area contributed by atoms with E-state index >= 15 is 0 Å². The molecule has 0 aliphatic carbocycles. The monoisotopic (exact) mass is 323 g/mol. The molecule has 0 aromatic heterocycles. The summed E-state index contributed by atoms with van der Waals surface area (Å²) in [5.41, 5.74) is 0. The molecule has 0 bridgehead atoms. The number of hydrogen-bond acceptors (Lipinski definition) is 4. The van der Waals surface area contributed by atoms with Crippen LogP contribution in [-0.4, -0.2) is 43.2 Å². The molecule has 2 aromatic carbocycles. The Hall–Kier alpha value is 0.0297. The van der Waals surface area contributed by atoms with Crippen molar-refractivity contribution in [3.8, 4) is 0 Å². The van der Waals surface area contributed by atoms with Crippen molar-refractivity contribution in [2.24, 2.45) is 0 Å². The molecule has 0 saturated heterocycles. The van der Waals surface area contributed by atoms with E-state index < -0.39 is 8.25 Å². The van der Waals surface area contributed by atoms with E-state index in [1.807, 2.05) is 12.1 Å². The van der Waals surface area contributed by atoms with Gasteiger partial charge in [-0.05, 0) is 24.3 Å². The SMILES string of the molecule is O=[P+]([O-])[O-].[Ca+2].[OH-].c1ccc([SH+]c2ccccc2)cc1. The van der Waals surface area contributed by atoms with Crippen LogP contribution in [0.2, 0.25) is 0 Å². The first-order valence-corrected chi connectivity index (χ1v) is 6.81. The van der Waals surface area contributed by atoms with E-state index in [0.717, 1.165) is 0 Å². The molecule has 19 heavy (non-hydrogen) atoms. The fourth-order valence-corrected chi connectivity index (χ4v) is 2.09. The summed E-state index contributed by atoms with van der Waals surface area (Å²) in [4.78, 5) is 19.6. The minimum Gasteiger partial charge on any atom is -0.870 e. The molecule has 0 heterocycles. The summed E-state index contributed by atoms with van der Waals surface area (Å²) in [5, 5.41) is 0. The van der Waals surface area contributed by atoms with Crippen LogP contribution < -0.4 is 9.79 Å². The van der Waals surface area contributed by atoms with E-state index in [9.17, 15) is 0 Å². The van der Waals surface area contributed by atoms with Crippen molar-refractivity contribution in [1.82, 2.24) is 0 Å². The Morgan fingerprint density at radius 1 is 0.789 bits per heavy atom. The molecule has 1 N–H and O–H groups in total. The van der Waals surface area contributed by atoms with Crippen molar-refractivity contribution < 1.29 is 19.8 Å². The van der Waals surface area contributed by atoms with Crippen LogP contribution in [0.1, 0.15) is 0 Å². The predicted molar refractivity (Wildman–Crippen MR) is 73.5 cm³/mol. The molecule has 0 amide bonds. The average molecular weight is 323 g/mol. The summed E-state index contributed by atoms with van der Waals surface area (Å²) in [6, 6.07) is 21.0. The van der Waals surface area contributed by atoms with Gasteiger partial charge in [0.2, 0.25) is 0 Å². The van der Waals surface area contributed by atoms with Crippen molar-refractivity contribution in [3.63, 3.8) is 0 Å². The molecule has 0 fully saturated rings. The van der Waals surface area contributed by atoms with Gasteiger partial charge in [-0.2, -0.15) is 0 Å². The van der Waals surface area contributed by atoms with Gasteiger partial charge in [0, 0.05) is 11.8 Å². The van der Waals surface area contributed by atoms with E-state index in [-0.39, 0.29) is 43.2 Å². The summed E-state index contributed by atoms with van der Waals surface area (Å²) >= 11 is 1.28. The Labute approximate surface area is 147 Å². The molecule has 0 saturated carbocycles. The van der Waals surface area contributed by atoms with Crippen LogP contribution in [-0.2, 0) is 16.3 Å². The molecular weight excluding hydrogens is 311 g/mol. The predicted octanol–water partition coefficient (Wildman–Crippen LogP) is 0.726. The number of hydrogen-bond donors (Lipinski definition) is 0. The van der Waals surface area contributed by atoms with Gasteiger partial charge in [-0.3, -0.25) is 0 Å². The summed E-state index contributed by atoms with van der Waals surface area (Å²) in [6.07, 6.45) is 0. The Morgan fingerprint density at radius 2 is 1.05 bits per heavy atom. The van der Waals surface area contributed by atoms with Crippen LogP contribution in [0.3, 0.4) is 0 Å². The van der Waals surface area contributed by atoms with Gasteiger partial charge >= 0.3 is 37.7 Å². The quantitative estimate of drug-likeness (QED) is 0.352. The zero-order valence-corrected chi connectivity index (χ0v) is 14.0. The second-order valence-corrected chi connectivity index (χ2v) is 4.71. The maximum atomic E-state index is 8.48. The van der Waals surface area contributed by atoms with Crippen molar-refractivity contribution in [1.29, 1.82) is 0 Å². The van der Waals surface area contributed by atoms with Crippen LogP contribution in [0.25, 0.3) is 0 Å². The summed E-state index contributed by atoms with van der Waals surface area (Å²) in [6.45, 7) is 0. The molecule has 4 nitrogen and oxygen atoms in total. The van der Waals surface area contributed by atoms with E-state index in [4.69, 9.17) is 14.4 Å². The van der Waals surface area contributed by atoms with Crippen molar-refractivity contribution in [3.05, 3.63) is 60.7 Å². The maximum Gasteiger partial charge on any atom is 2.00 e. The van der Waals surface area contributed by atoms with Crippen LogP contribution in [0, 0.1) is 0 Å². The van der Waals surface area contributed by atoms with E-state index in [1.54, 1.807) is 0 Å². The minimum absolute atomic E-state index is 0. The summed E-state index contributed by atoms with van der Waals surface area (Å²) < 4.78 is 8.48.